The molecule has 5 heteroatoms. The van der Waals surface area contributed by atoms with Crippen LogP contribution in [0.1, 0.15) is 24.2 Å². The van der Waals surface area contributed by atoms with Crippen LogP contribution in [0.5, 0.6) is 5.75 Å². The Labute approximate surface area is 124 Å². The van der Waals surface area contributed by atoms with Crippen LogP contribution in [-0.4, -0.2) is 25.1 Å². The molecule has 112 valence electrons. The van der Waals surface area contributed by atoms with E-state index in [-0.39, 0.29) is 12.0 Å². The van der Waals surface area contributed by atoms with Crippen molar-refractivity contribution in [3.63, 3.8) is 0 Å². The molecule has 4 N–H and O–H groups in total. The highest BCUT2D eigenvalue weighted by molar-refractivity contribution is 5.95. The first-order valence-corrected chi connectivity index (χ1v) is 6.98. The first-order valence-electron chi connectivity index (χ1n) is 6.98. The van der Waals surface area contributed by atoms with Gasteiger partial charge in [-0.15, -0.1) is 0 Å². The van der Waals surface area contributed by atoms with Crippen molar-refractivity contribution >= 4 is 5.91 Å². The molecular weight excluding hydrogens is 266 g/mol. The van der Waals surface area contributed by atoms with Crippen LogP contribution in [0, 0.1) is 0 Å². The molecule has 1 saturated heterocycles. The van der Waals surface area contributed by atoms with E-state index in [1.54, 1.807) is 25.1 Å². The van der Waals surface area contributed by atoms with Crippen LogP contribution in [0.15, 0.2) is 47.8 Å². The highest BCUT2D eigenvalue weighted by Gasteiger charge is 2.18. The summed E-state index contributed by atoms with van der Waals surface area (Å²) in [6.45, 7) is 5.36. The minimum Gasteiger partial charge on any atom is -0.488 e. The van der Waals surface area contributed by atoms with Gasteiger partial charge in [-0.25, -0.2) is 0 Å². The van der Waals surface area contributed by atoms with Crippen molar-refractivity contribution in [2.45, 2.75) is 20.0 Å². The molecule has 0 spiro atoms. The molecule has 0 aromatic heterocycles. The number of hydrogen-bond acceptors (Lipinski definition) is 4. The number of allylic oxidation sites excluding steroid dienone is 3. The van der Waals surface area contributed by atoms with Crippen molar-refractivity contribution in [1.82, 2.24) is 10.6 Å². The Hall–Kier alpha value is -2.27. The highest BCUT2D eigenvalue weighted by atomic mass is 16.5. The molecule has 0 saturated carbocycles. The number of hydrogen-bond donors (Lipinski definition) is 3. The fourth-order valence-corrected chi connectivity index (χ4v) is 1.86. The summed E-state index contributed by atoms with van der Waals surface area (Å²) in [6, 6.07) is 7.11. The van der Waals surface area contributed by atoms with Gasteiger partial charge in [0.05, 0.1) is 5.70 Å². The van der Waals surface area contributed by atoms with Gasteiger partial charge < -0.3 is 21.1 Å². The van der Waals surface area contributed by atoms with Crippen LogP contribution in [0.3, 0.4) is 0 Å². The van der Waals surface area contributed by atoms with Crippen LogP contribution in [-0.2, 0) is 0 Å². The van der Waals surface area contributed by atoms with Gasteiger partial charge in [0, 0.05) is 24.4 Å². The van der Waals surface area contributed by atoms with Gasteiger partial charge in [0.25, 0.3) is 5.91 Å². The second kappa shape index (κ2) is 6.95. The Kier molecular flexibility index (Phi) is 5.00. The fourth-order valence-electron chi connectivity index (χ4n) is 1.86. The van der Waals surface area contributed by atoms with Gasteiger partial charge in [0.1, 0.15) is 11.9 Å². The summed E-state index contributed by atoms with van der Waals surface area (Å²) >= 11 is 0. The zero-order valence-corrected chi connectivity index (χ0v) is 12.3. The third-order valence-electron chi connectivity index (χ3n) is 3.17. The second-order valence-corrected chi connectivity index (χ2v) is 4.97. The molecule has 21 heavy (non-hydrogen) atoms. The summed E-state index contributed by atoms with van der Waals surface area (Å²) in [5.74, 6) is 0.585. The van der Waals surface area contributed by atoms with E-state index >= 15 is 0 Å². The van der Waals surface area contributed by atoms with Gasteiger partial charge in [-0.1, -0.05) is 6.08 Å². The molecule has 1 aliphatic heterocycles. The van der Waals surface area contributed by atoms with E-state index in [9.17, 15) is 4.79 Å². The number of amides is 1. The van der Waals surface area contributed by atoms with E-state index in [0.717, 1.165) is 18.8 Å². The number of benzene rings is 1. The maximum atomic E-state index is 12.1. The predicted octanol–water partition coefficient (Wildman–Crippen LogP) is 1.53. The first-order chi connectivity index (χ1) is 10.1. The summed E-state index contributed by atoms with van der Waals surface area (Å²) in [6.07, 6.45) is 3.83. The van der Waals surface area contributed by atoms with Crippen LogP contribution in [0.25, 0.3) is 0 Å². The van der Waals surface area contributed by atoms with Crippen molar-refractivity contribution in [3.05, 3.63) is 53.4 Å². The number of carbonyl (C=O) groups excluding carboxylic acids is 1. The Balaban J connectivity index is 2.00. The van der Waals surface area contributed by atoms with E-state index in [1.165, 1.54) is 0 Å². The zero-order chi connectivity index (χ0) is 15.2. The quantitative estimate of drug-likeness (QED) is 0.718. The van der Waals surface area contributed by atoms with Crippen LogP contribution in [0.2, 0.25) is 0 Å². The standard InChI is InChI=1S/C16H21N3O2/c1-3-4-15(11(2)17)19-16(20)12-5-7-13(8-6-12)21-14-9-18-10-14/h3-8,14,18H,9-10,17H2,1-2H3,(H,19,20)/b4-3-,15-11-. The Morgan fingerprint density at radius 3 is 2.52 bits per heavy atom. The monoisotopic (exact) mass is 287 g/mol. The molecule has 0 bridgehead atoms. The SMILES string of the molecule is C/C=C\C(NC(=O)c1ccc(OC2CNC2)cc1)=C(/C)N. The van der Waals surface area contributed by atoms with Gasteiger partial charge in [-0.2, -0.15) is 0 Å². The van der Waals surface area contributed by atoms with Crippen molar-refractivity contribution < 1.29 is 9.53 Å². The molecular formula is C16H21N3O2. The van der Waals surface area contributed by atoms with E-state index in [1.807, 2.05) is 25.1 Å². The molecule has 1 aromatic rings. The summed E-state index contributed by atoms with van der Waals surface area (Å²) in [7, 11) is 0. The summed E-state index contributed by atoms with van der Waals surface area (Å²) in [5, 5.41) is 5.94. The van der Waals surface area contributed by atoms with Crippen molar-refractivity contribution in [1.29, 1.82) is 0 Å². The maximum absolute atomic E-state index is 12.1. The van der Waals surface area contributed by atoms with Crippen molar-refractivity contribution in [2.24, 2.45) is 5.73 Å². The van der Waals surface area contributed by atoms with Gasteiger partial charge in [0.2, 0.25) is 0 Å². The smallest absolute Gasteiger partial charge is 0.255 e. The van der Waals surface area contributed by atoms with E-state index in [2.05, 4.69) is 10.6 Å². The summed E-state index contributed by atoms with van der Waals surface area (Å²) in [5.41, 5.74) is 7.49. The summed E-state index contributed by atoms with van der Waals surface area (Å²) in [4.78, 5) is 12.1. The summed E-state index contributed by atoms with van der Waals surface area (Å²) < 4.78 is 5.71. The lowest BCUT2D eigenvalue weighted by atomic mass is 10.2. The van der Waals surface area contributed by atoms with Crippen molar-refractivity contribution in [3.8, 4) is 5.75 Å². The third-order valence-corrected chi connectivity index (χ3v) is 3.17. The highest BCUT2D eigenvalue weighted by Crippen LogP contribution is 2.15. The van der Waals surface area contributed by atoms with E-state index in [0.29, 0.717) is 17.0 Å². The molecule has 1 heterocycles. The Morgan fingerprint density at radius 2 is 2.05 bits per heavy atom. The average Bonchev–Trinajstić information content (AvgIpc) is 2.43. The van der Waals surface area contributed by atoms with Gasteiger partial charge >= 0.3 is 0 Å². The number of nitrogens with one attached hydrogen (secondary N) is 2. The third kappa shape index (κ3) is 4.10. The maximum Gasteiger partial charge on any atom is 0.255 e. The topological polar surface area (TPSA) is 76.4 Å². The van der Waals surface area contributed by atoms with E-state index in [4.69, 9.17) is 10.5 Å². The molecule has 1 fully saturated rings. The average molecular weight is 287 g/mol. The molecule has 0 aliphatic carbocycles. The number of carbonyl (C=O) groups is 1. The number of rotatable bonds is 5. The lowest BCUT2D eigenvalue weighted by Crippen LogP contribution is -2.50. The predicted molar refractivity (Wildman–Crippen MR) is 82.9 cm³/mol. The van der Waals surface area contributed by atoms with Gasteiger partial charge in [-0.05, 0) is 44.2 Å². The molecule has 1 amide bonds. The van der Waals surface area contributed by atoms with Gasteiger partial charge in [-0.3, -0.25) is 4.79 Å². The Morgan fingerprint density at radius 1 is 1.38 bits per heavy atom. The largest absolute Gasteiger partial charge is 0.488 e. The lowest BCUT2D eigenvalue weighted by Gasteiger charge is -2.27. The molecule has 1 aliphatic rings. The van der Waals surface area contributed by atoms with Crippen LogP contribution < -0.4 is 21.1 Å². The van der Waals surface area contributed by atoms with E-state index < -0.39 is 0 Å². The van der Waals surface area contributed by atoms with Gasteiger partial charge in [0.15, 0.2) is 0 Å². The second-order valence-electron chi connectivity index (χ2n) is 4.97. The molecule has 5 nitrogen and oxygen atoms in total. The molecule has 0 atom stereocenters. The Bertz CT molecular complexity index is 553. The molecule has 0 unspecified atom stereocenters. The minimum atomic E-state index is -0.190. The van der Waals surface area contributed by atoms with Crippen LogP contribution in [0.4, 0.5) is 0 Å². The molecule has 0 radical (unpaired) electrons. The minimum absolute atomic E-state index is 0.190. The molecule has 1 aromatic carbocycles. The first kappa shape index (κ1) is 15.1. The van der Waals surface area contributed by atoms with Crippen molar-refractivity contribution in [2.75, 3.05) is 13.1 Å². The fraction of sp³-hybridized carbons (Fsp3) is 0.312. The van der Waals surface area contributed by atoms with Crippen LogP contribution >= 0.6 is 0 Å². The molecule has 2 rings (SSSR count). The lowest BCUT2D eigenvalue weighted by molar-refractivity contribution is 0.0966. The normalized spacial score (nSPS) is 16.3. The number of ether oxygens (including phenoxy) is 1. The zero-order valence-electron chi connectivity index (χ0n) is 12.3. The number of nitrogens with two attached hydrogens (primary N) is 1.